The van der Waals surface area contributed by atoms with Crippen molar-refractivity contribution >= 4 is 23.5 Å². The van der Waals surface area contributed by atoms with Gasteiger partial charge in [-0.2, -0.15) is 0 Å². The van der Waals surface area contributed by atoms with Gasteiger partial charge in [0.15, 0.2) is 5.96 Å². The Labute approximate surface area is 173 Å². The van der Waals surface area contributed by atoms with Crippen molar-refractivity contribution in [1.82, 2.24) is 15.5 Å². The summed E-state index contributed by atoms with van der Waals surface area (Å²) in [5, 5.41) is 6.11. The third kappa shape index (κ3) is 5.71. The highest BCUT2D eigenvalue weighted by atomic mass is 16.2. The van der Waals surface area contributed by atoms with E-state index in [1.165, 1.54) is 0 Å². The van der Waals surface area contributed by atoms with Crippen LogP contribution in [-0.4, -0.2) is 55.9 Å². The van der Waals surface area contributed by atoms with Crippen molar-refractivity contribution in [2.45, 2.75) is 45.6 Å². The lowest BCUT2D eigenvalue weighted by atomic mass is 9.93. The van der Waals surface area contributed by atoms with Crippen molar-refractivity contribution in [2.24, 2.45) is 10.9 Å². The molecule has 0 atom stereocenters. The number of guanidine groups is 1. The molecule has 0 unspecified atom stereocenters. The lowest BCUT2D eigenvalue weighted by Gasteiger charge is -2.34. The largest absolute Gasteiger partial charge is 0.359 e. The van der Waals surface area contributed by atoms with Gasteiger partial charge in [0.2, 0.25) is 11.8 Å². The second-order valence-corrected chi connectivity index (χ2v) is 7.79. The normalized spacial score (nSPS) is 18.3. The van der Waals surface area contributed by atoms with Gasteiger partial charge in [-0.3, -0.25) is 9.59 Å². The second-order valence-electron chi connectivity index (χ2n) is 7.79. The fourth-order valence-electron chi connectivity index (χ4n) is 4.01. The third-order valence-electron chi connectivity index (χ3n) is 5.73. The highest BCUT2D eigenvalue weighted by molar-refractivity contribution is 5.95. The molecule has 2 amide bonds. The summed E-state index contributed by atoms with van der Waals surface area (Å²) in [6.45, 7) is 6.17. The predicted molar refractivity (Wildman–Crippen MR) is 116 cm³/mol. The van der Waals surface area contributed by atoms with Gasteiger partial charge in [0.05, 0.1) is 6.54 Å². The molecule has 0 radical (unpaired) electrons. The zero-order valence-corrected chi connectivity index (χ0v) is 17.6. The molecule has 0 aromatic heterocycles. The Bertz CT molecular complexity index is 723. The molecule has 2 fully saturated rings. The number of benzene rings is 1. The summed E-state index contributed by atoms with van der Waals surface area (Å²) in [5.74, 6) is 1.73. The van der Waals surface area contributed by atoms with Gasteiger partial charge in [-0.1, -0.05) is 12.1 Å². The molecule has 0 saturated carbocycles. The van der Waals surface area contributed by atoms with Gasteiger partial charge in [0.25, 0.3) is 0 Å². The number of piperidine rings is 1. The monoisotopic (exact) mass is 399 g/mol. The molecule has 2 saturated heterocycles. The summed E-state index contributed by atoms with van der Waals surface area (Å²) in [6.07, 6.45) is 4.23. The third-order valence-corrected chi connectivity index (χ3v) is 5.73. The van der Waals surface area contributed by atoms with Crippen LogP contribution in [0, 0.1) is 5.92 Å². The number of aliphatic imine (C=N–C) groups is 1. The Hall–Kier alpha value is -2.57. The number of hydrogen-bond donors (Lipinski definition) is 2. The van der Waals surface area contributed by atoms with Gasteiger partial charge < -0.3 is 20.4 Å². The molecule has 2 aliphatic rings. The van der Waals surface area contributed by atoms with Crippen LogP contribution in [0.1, 0.15) is 44.6 Å². The molecular formula is C22H33N5O2. The number of rotatable bonds is 6. The fraction of sp³-hybridized carbons (Fsp3) is 0.591. The minimum absolute atomic E-state index is 0.128. The Kier molecular flexibility index (Phi) is 7.49. The molecule has 0 aliphatic carbocycles. The van der Waals surface area contributed by atoms with E-state index in [1.54, 1.807) is 7.05 Å². The van der Waals surface area contributed by atoms with Crippen LogP contribution in [0.2, 0.25) is 0 Å². The Morgan fingerprint density at radius 3 is 2.48 bits per heavy atom. The first-order valence-corrected chi connectivity index (χ1v) is 10.7. The molecule has 0 bridgehead atoms. The molecule has 158 valence electrons. The first-order chi connectivity index (χ1) is 14.1. The smallest absolute Gasteiger partial charge is 0.227 e. The van der Waals surface area contributed by atoms with Crippen LogP contribution in [0.15, 0.2) is 29.3 Å². The zero-order valence-electron chi connectivity index (χ0n) is 17.6. The van der Waals surface area contributed by atoms with Crippen molar-refractivity contribution < 1.29 is 9.59 Å². The average molecular weight is 400 g/mol. The number of anilines is 1. The van der Waals surface area contributed by atoms with Crippen molar-refractivity contribution in [3.8, 4) is 0 Å². The first-order valence-electron chi connectivity index (χ1n) is 10.7. The lowest BCUT2D eigenvalue weighted by Crippen LogP contribution is -2.46. The van der Waals surface area contributed by atoms with E-state index < -0.39 is 0 Å². The minimum Gasteiger partial charge on any atom is -0.359 e. The van der Waals surface area contributed by atoms with E-state index in [4.69, 9.17) is 4.99 Å². The van der Waals surface area contributed by atoms with E-state index >= 15 is 0 Å². The maximum atomic E-state index is 11.9. The molecule has 2 aliphatic heterocycles. The van der Waals surface area contributed by atoms with Crippen molar-refractivity contribution in [1.29, 1.82) is 0 Å². The number of carbonyl (C=O) groups is 2. The van der Waals surface area contributed by atoms with Crippen molar-refractivity contribution in [3.63, 3.8) is 0 Å². The van der Waals surface area contributed by atoms with Crippen molar-refractivity contribution in [2.75, 3.05) is 38.1 Å². The summed E-state index contributed by atoms with van der Waals surface area (Å²) >= 11 is 0. The predicted octanol–water partition coefficient (Wildman–Crippen LogP) is 2.13. The maximum absolute atomic E-state index is 11.9. The van der Waals surface area contributed by atoms with Crippen LogP contribution < -0.4 is 15.5 Å². The number of amides is 2. The molecule has 7 heteroatoms. The van der Waals surface area contributed by atoms with E-state index in [9.17, 15) is 9.59 Å². The van der Waals surface area contributed by atoms with Gasteiger partial charge in [-0.15, -0.1) is 0 Å². The van der Waals surface area contributed by atoms with E-state index in [1.807, 2.05) is 17.0 Å². The quantitative estimate of drug-likeness (QED) is 0.568. The molecule has 1 aromatic carbocycles. The number of hydrogen-bond acceptors (Lipinski definition) is 3. The van der Waals surface area contributed by atoms with Crippen LogP contribution in [-0.2, 0) is 16.1 Å². The summed E-state index contributed by atoms with van der Waals surface area (Å²) in [4.78, 5) is 32.5. The number of nitrogens with zero attached hydrogens (tertiary/aromatic N) is 3. The highest BCUT2D eigenvalue weighted by Crippen LogP contribution is 2.22. The first kappa shape index (κ1) is 21.1. The number of nitrogens with one attached hydrogen (secondary N) is 2. The maximum Gasteiger partial charge on any atom is 0.227 e. The number of likely N-dealkylation sites (tertiary alicyclic amines) is 1. The van der Waals surface area contributed by atoms with Crippen LogP contribution in [0.3, 0.4) is 0 Å². The average Bonchev–Trinajstić information content (AvgIpc) is 3.18. The molecule has 3 rings (SSSR count). The molecule has 2 N–H and O–H groups in total. The van der Waals surface area contributed by atoms with Gasteiger partial charge in [0.1, 0.15) is 0 Å². The molecular weight excluding hydrogens is 366 g/mol. The minimum atomic E-state index is 0.128. The van der Waals surface area contributed by atoms with Crippen LogP contribution in [0.4, 0.5) is 5.69 Å². The lowest BCUT2D eigenvalue weighted by molar-refractivity contribution is -0.121. The SMILES string of the molecule is CCNC(=NCc1ccc(N2CCCC2=O)cc1)N1CCC(CC(=O)NC)CC1. The van der Waals surface area contributed by atoms with Gasteiger partial charge in [0, 0.05) is 51.8 Å². The van der Waals surface area contributed by atoms with Gasteiger partial charge >= 0.3 is 0 Å². The van der Waals surface area contributed by atoms with E-state index in [-0.39, 0.29) is 11.8 Å². The molecule has 29 heavy (non-hydrogen) atoms. The molecule has 1 aromatic rings. The summed E-state index contributed by atoms with van der Waals surface area (Å²) in [5.41, 5.74) is 2.11. The Balaban J connectivity index is 1.56. The fourth-order valence-corrected chi connectivity index (χ4v) is 4.01. The van der Waals surface area contributed by atoms with Crippen molar-refractivity contribution in [3.05, 3.63) is 29.8 Å². The highest BCUT2D eigenvalue weighted by Gasteiger charge is 2.23. The van der Waals surface area contributed by atoms with Gasteiger partial charge in [-0.25, -0.2) is 4.99 Å². The van der Waals surface area contributed by atoms with E-state index in [0.717, 1.165) is 62.7 Å². The number of carbonyl (C=O) groups excluding carboxylic acids is 2. The summed E-state index contributed by atoms with van der Waals surface area (Å²) in [6, 6.07) is 8.16. The second kappa shape index (κ2) is 10.3. The molecule has 7 nitrogen and oxygen atoms in total. The van der Waals surface area contributed by atoms with Crippen LogP contribution in [0.25, 0.3) is 0 Å². The topological polar surface area (TPSA) is 77.0 Å². The summed E-state index contributed by atoms with van der Waals surface area (Å²) in [7, 11) is 1.70. The standard InChI is InChI=1S/C22H33N5O2/c1-3-24-22(26-13-10-17(11-14-26)15-20(28)23-2)25-16-18-6-8-19(9-7-18)27-12-4-5-21(27)29/h6-9,17H,3-5,10-16H2,1-2H3,(H,23,28)(H,24,25). The van der Waals surface area contributed by atoms with E-state index in [0.29, 0.717) is 25.3 Å². The van der Waals surface area contributed by atoms with Crippen LogP contribution in [0.5, 0.6) is 0 Å². The zero-order chi connectivity index (χ0) is 20.6. The molecule has 0 spiro atoms. The molecule has 2 heterocycles. The van der Waals surface area contributed by atoms with Gasteiger partial charge in [-0.05, 0) is 49.8 Å². The Morgan fingerprint density at radius 1 is 1.17 bits per heavy atom. The Morgan fingerprint density at radius 2 is 1.90 bits per heavy atom. The van der Waals surface area contributed by atoms with Crippen LogP contribution >= 0.6 is 0 Å². The van der Waals surface area contributed by atoms with E-state index in [2.05, 4.69) is 34.6 Å². The summed E-state index contributed by atoms with van der Waals surface area (Å²) < 4.78 is 0.